The maximum absolute atomic E-state index is 13.4. The van der Waals surface area contributed by atoms with Gasteiger partial charge in [0.1, 0.15) is 0 Å². The van der Waals surface area contributed by atoms with Crippen molar-refractivity contribution in [3.63, 3.8) is 0 Å². The summed E-state index contributed by atoms with van der Waals surface area (Å²) in [6, 6.07) is 0. The van der Waals surface area contributed by atoms with Crippen LogP contribution in [-0.2, 0) is 5.54 Å². The normalized spacial score (nSPS) is 14.4. The van der Waals surface area contributed by atoms with Crippen LogP contribution in [-0.4, -0.2) is 9.55 Å². The topological polar surface area (TPSA) is 17.8 Å². The molecule has 0 aliphatic rings. The van der Waals surface area contributed by atoms with Crippen molar-refractivity contribution in [3.05, 3.63) is 16.9 Å². The fourth-order valence-corrected chi connectivity index (χ4v) is 3.44. The Hall–Kier alpha value is -0.380. The number of aromatic nitrogens is 2. The highest BCUT2D eigenvalue weighted by Gasteiger charge is 2.28. The Balaban J connectivity index is 2.68. The molecule has 0 aliphatic carbocycles. The van der Waals surface area contributed by atoms with Crippen molar-refractivity contribution in [1.82, 2.24) is 9.55 Å². The average molecular weight is 347 g/mol. The van der Waals surface area contributed by atoms with Gasteiger partial charge in [0.2, 0.25) is 5.95 Å². The van der Waals surface area contributed by atoms with Gasteiger partial charge in [-0.1, -0.05) is 58.8 Å². The van der Waals surface area contributed by atoms with Crippen molar-refractivity contribution >= 4 is 15.9 Å². The molecule has 0 aromatic carbocycles. The van der Waals surface area contributed by atoms with E-state index in [9.17, 15) is 4.39 Å². The summed E-state index contributed by atoms with van der Waals surface area (Å²) in [6.07, 6.45) is 12.4. The van der Waals surface area contributed by atoms with E-state index in [0.29, 0.717) is 4.73 Å². The molecule has 1 heterocycles. The smallest absolute Gasteiger partial charge is 0.231 e. The third-order valence-electron chi connectivity index (χ3n) is 4.10. The lowest BCUT2D eigenvalue weighted by atomic mass is 9.88. The molecule has 4 heteroatoms. The first-order valence-electron chi connectivity index (χ1n) is 7.94. The van der Waals surface area contributed by atoms with E-state index in [-0.39, 0.29) is 5.54 Å². The minimum absolute atomic E-state index is 0.0294. The molecule has 1 unspecified atom stereocenters. The van der Waals surface area contributed by atoms with Crippen LogP contribution in [0.15, 0.2) is 10.9 Å². The van der Waals surface area contributed by atoms with Gasteiger partial charge in [0.25, 0.3) is 0 Å². The zero-order valence-electron chi connectivity index (χ0n) is 13.1. The molecule has 1 atom stereocenters. The molecule has 0 spiro atoms. The second kappa shape index (κ2) is 8.81. The third kappa shape index (κ3) is 5.19. The van der Waals surface area contributed by atoms with Gasteiger partial charge in [-0.2, -0.15) is 9.37 Å². The number of rotatable bonds is 10. The first-order chi connectivity index (χ1) is 9.53. The maximum Gasteiger partial charge on any atom is 0.231 e. The average Bonchev–Trinajstić information content (AvgIpc) is 2.76. The summed E-state index contributed by atoms with van der Waals surface area (Å²) in [5.74, 6) is -0.398. The highest BCUT2D eigenvalue weighted by atomic mass is 79.9. The van der Waals surface area contributed by atoms with E-state index in [1.54, 1.807) is 0 Å². The molecule has 0 N–H and O–H groups in total. The number of hydrogen-bond donors (Lipinski definition) is 0. The van der Waals surface area contributed by atoms with E-state index in [0.717, 1.165) is 19.3 Å². The minimum Gasteiger partial charge on any atom is -0.317 e. The van der Waals surface area contributed by atoms with E-state index in [1.807, 2.05) is 4.57 Å². The van der Waals surface area contributed by atoms with Crippen molar-refractivity contribution in [2.75, 3.05) is 0 Å². The zero-order valence-corrected chi connectivity index (χ0v) is 14.7. The molecule has 1 aromatic rings. The molecule has 1 aromatic heterocycles. The molecule has 2 nitrogen and oxygen atoms in total. The predicted octanol–water partition coefficient (Wildman–Crippen LogP) is 6.05. The Morgan fingerprint density at radius 1 is 1.10 bits per heavy atom. The molecule has 0 aliphatic heterocycles. The van der Waals surface area contributed by atoms with E-state index in [4.69, 9.17) is 0 Å². The standard InChI is InChI=1S/C16H28BrFN2/c1-4-6-8-9-10-12-16(3,11-7-5-2)20-13-14(18)19-15(20)17/h13H,4-12H2,1-3H3. The van der Waals surface area contributed by atoms with Gasteiger partial charge in [-0.3, -0.25) is 0 Å². The summed E-state index contributed by atoms with van der Waals surface area (Å²) >= 11 is 3.39. The van der Waals surface area contributed by atoms with E-state index >= 15 is 0 Å². The lowest BCUT2D eigenvalue weighted by Gasteiger charge is -2.32. The highest BCUT2D eigenvalue weighted by molar-refractivity contribution is 9.10. The van der Waals surface area contributed by atoms with Crippen LogP contribution in [0.5, 0.6) is 0 Å². The van der Waals surface area contributed by atoms with E-state index < -0.39 is 5.95 Å². The number of nitrogens with zero attached hydrogens (tertiary/aromatic N) is 2. The van der Waals surface area contributed by atoms with Crippen LogP contribution in [0.1, 0.15) is 78.6 Å². The van der Waals surface area contributed by atoms with Crippen LogP contribution >= 0.6 is 15.9 Å². The second-order valence-corrected chi connectivity index (χ2v) is 6.68. The molecule has 0 bridgehead atoms. The fourth-order valence-electron chi connectivity index (χ4n) is 2.74. The summed E-state index contributed by atoms with van der Waals surface area (Å²) in [5.41, 5.74) is -0.0294. The van der Waals surface area contributed by atoms with E-state index in [1.165, 1.54) is 44.7 Å². The van der Waals surface area contributed by atoms with Crippen molar-refractivity contribution in [2.24, 2.45) is 0 Å². The van der Waals surface area contributed by atoms with Crippen molar-refractivity contribution in [3.8, 4) is 0 Å². The monoisotopic (exact) mass is 346 g/mol. The van der Waals surface area contributed by atoms with Gasteiger partial charge in [-0.25, -0.2) is 0 Å². The molecule has 0 amide bonds. The molecule has 20 heavy (non-hydrogen) atoms. The molecular weight excluding hydrogens is 319 g/mol. The summed E-state index contributed by atoms with van der Waals surface area (Å²) in [7, 11) is 0. The first-order valence-corrected chi connectivity index (χ1v) is 8.73. The quantitative estimate of drug-likeness (QED) is 0.471. The Morgan fingerprint density at radius 2 is 1.70 bits per heavy atom. The Morgan fingerprint density at radius 3 is 2.25 bits per heavy atom. The molecular formula is C16H28BrFN2. The highest BCUT2D eigenvalue weighted by Crippen LogP contribution is 2.33. The van der Waals surface area contributed by atoms with E-state index in [2.05, 4.69) is 41.7 Å². The maximum atomic E-state index is 13.4. The van der Waals surface area contributed by atoms with Gasteiger partial charge in [0, 0.05) is 5.54 Å². The summed E-state index contributed by atoms with van der Waals surface area (Å²) in [4.78, 5) is 3.86. The fraction of sp³-hybridized carbons (Fsp3) is 0.812. The van der Waals surface area contributed by atoms with Crippen LogP contribution in [0.25, 0.3) is 0 Å². The van der Waals surface area contributed by atoms with Crippen molar-refractivity contribution in [2.45, 2.75) is 84.1 Å². The van der Waals surface area contributed by atoms with Crippen molar-refractivity contribution in [1.29, 1.82) is 0 Å². The van der Waals surface area contributed by atoms with Gasteiger partial charge < -0.3 is 4.57 Å². The van der Waals surface area contributed by atoms with Gasteiger partial charge in [0.05, 0.1) is 6.20 Å². The molecule has 0 radical (unpaired) electrons. The van der Waals surface area contributed by atoms with Gasteiger partial charge in [-0.05, 0) is 35.7 Å². The van der Waals surface area contributed by atoms with Gasteiger partial charge in [0.15, 0.2) is 4.73 Å². The van der Waals surface area contributed by atoms with Crippen LogP contribution in [0.4, 0.5) is 4.39 Å². The number of unbranched alkanes of at least 4 members (excludes halogenated alkanes) is 5. The zero-order chi connectivity index (χ0) is 15.0. The molecule has 0 saturated heterocycles. The van der Waals surface area contributed by atoms with Crippen LogP contribution in [0.2, 0.25) is 0 Å². The predicted molar refractivity (Wildman–Crippen MR) is 86.4 cm³/mol. The van der Waals surface area contributed by atoms with Gasteiger partial charge >= 0.3 is 0 Å². The third-order valence-corrected chi connectivity index (χ3v) is 4.66. The largest absolute Gasteiger partial charge is 0.317 e. The van der Waals surface area contributed by atoms with Crippen LogP contribution < -0.4 is 0 Å². The number of halogens is 2. The Labute approximate surface area is 131 Å². The van der Waals surface area contributed by atoms with Crippen molar-refractivity contribution < 1.29 is 4.39 Å². The van der Waals surface area contributed by atoms with Gasteiger partial charge in [-0.15, -0.1) is 0 Å². The number of hydrogen-bond acceptors (Lipinski definition) is 1. The molecule has 0 saturated carbocycles. The molecule has 1 rings (SSSR count). The lowest BCUT2D eigenvalue weighted by molar-refractivity contribution is 0.247. The second-order valence-electron chi connectivity index (χ2n) is 5.97. The summed E-state index contributed by atoms with van der Waals surface area (Å²) in [5, 5.41) is 0. The first kappa shape index (κ1) is 17.7. The SMILES string of the molecule is CCCCCCCC(C)(CCCC)n1cc(F)nc1Br. The lowest BCUT2D eigenvalue weighted by Crippen LogP contribution is -2.30. The van der Waals surface area contributed by atoms with Crippen LogP contribution in [0, 0.1) is 5.95 Å². The Kier molecular flexibility index (Phi) is 7.78. The minimum atomic E-state index is -0.398. The summed E-state index contributed by atoms with van der Waals surface area (Å²) < 4.78 is 16.0. The molecule has 116 valence electrons. The summed E-state index contributed by atoms with van der Waals surface area (Å²) in [6.45, 7) is 6.66. The Bertz CT molecular complexity index is 392. The number of imidazole rings is 1. The molecule has 0 fully saturated rings. The van der Waals surface area contributed by atoms with Crippen LogP contribution in [0.3, 0.4) is 0 Å².